The fraction of sp³-hybridized carbons (Fsp3) is 0.615. The van der Waals surface area contributed by atoms with Crippen molar-refractivity contribution in [2.75, 3.05) is 37.7 Å². The number of anilines is 1. The second-order valence-electron chi connectivity index (χ2n) is 9.21. The average Bonchev–Trinajstić information content (AvgIpc) is 3.11. The second-order valence-corrected chi connectivity index (χ2v) is 10.9. The van der Waals surface area contributed by atoms with E-state index in [0.29, 0.717) is 53.4 Å². The molecule has 1 aromatic heterocycles. The Hall–Kier alpha value is -2.15. The molecular weight excluding hydrogens is 480 g/mol. The Kier molecular flexibility index (Phi) is 9.96. The monoisotopic (exact) mass is 516 g/mol. The molecule has 0 unspecified atom stereocenters. The predicted molar refractivity (Wildman–Crippen MR) is 147 cm³/mol. The molecule has 0 spiro atoms. The first-order valence-electron chi connectivity index (χ1n) is 12.6. The highest BCUT2D eigenvalue weighted by molar-refractivity contribution is 8.26. The number of carbonyl (C=O) groups is 1. The molecule has 2 aliphatic rings. The maximum atomic E-state index is 13.4. The molecular formula is C26H36N4O3S2. The lowest BCUT2D eigenvalue weighted by atomic mass is 9.97. The van der Waals surface area contributed by atoms with Crippen LogP contribution in [0.4, 0.5) is 5.82 Å². The van der Waals surface area contributed by atoms with Crippen LogP contribution in [-0.4, -0.2) is 52.5 Å². The molecule has 0 atom stereocenters. The van der Waals surface area contributed by atoms with E-state index in [0.717, 1.165) is 50.2 Å². The number of carbonyl (C=O) groups excluding carboxylic acids is 1. The number of unbranched alkanes of at least 4 members (excludes halogenated alkanes) is 1. The number of hydrogen-bond donors (Lipinski definition) is 0. The van der Waals surface area contributed by atoms with Gasteiger partial charge in [-0.3, -0.25) is 19.1 Å². The molecule has 190 valence electrons. The van der Waals surface area contributed by atoms with Gasteiger partial charge in [0.05, 0.1) is 4.91 Å². The molecule has 0 radical (unpaired) electrons. The highest BCUT2D eigenvalue weighted by Gasteiger charge is 2.33. The van der Waals surface area contributed by atoms with Gasteiger partial charge in [-0.15, -0.1) is 0 Å². The van der Waals surface area contributed by atoms with Crippen LogP contribution in [0.3, 0.4) is 0 Å². The van der Waals surface area contributed by atoms with E-state index in [1.54, 1.807) is 9.47 Å². The fourth-order valence-electron chi connectivity index (χ4n) is 4.52. The summed E-state index contributed by atoms with van der Waals surface area (Å²) in [6.07, 6.45) is 6.43. The van der Waals surface area contributed by atoms with Gasteiger partial charge in [0, 0.05) is 45.0 Å². The lowest BCUT2D eigenvalue weighted by Crippen LogP contribution is -2.39. The summed E-state index contributed by atoms with van der Waals surface area (Å²) in [4.78, 5) is 31.1. The Morgan fingerprint density at radius 3 is 2.54 bits per heavy atom. The Morgan fingerprint density at radius 1 is 1.20 bits per heavy atom. The smallest absolute Gasteiger partial charge is 0.270 e. The number of piperidine rings is 1. The summed E-state index contributed by atoms with van der Waals surface area (Å²) < 4.78 is 7.70. The van der Waals surface area contributed by atoms with Crippen molar-refractivity contribution in [1.29, 1.82) is 5.26 Å². The van der Waals surface area contributed by atoms with Gasteiger partial charge >= 0.3 is 0 Å². The Bertz CT molecular complexity index is 1080. The first kappa shape index (κ1) is 27.4. The Labute approximate surface area is 218 Å². The maximum Gasteiger partial charge on any atom is 0.270 e. The number of hydrogen-bond acceptors (Lipinski definition) is 7. The van der Waals surface area contributed by atoms with Crippen LogP contribution in [0.2, 0.25) is 0 Å². The van der Waals surface area contributed by atoms with Crippen molar-refractivity contribution in [1.82, 2.24) is 9.47 Å². The summed E-state index contributed by atoms with van der Waals surface area (Å²) >= 11 is 6.80. The van der Waals surface area contributed by atoms with Crippen molar-refractivity contribution in [3.63, 3.8) is 0 Å². The molecule has 3 heterocycles. The van der Waals surface area contributed by atoms with Gasteiger partial charge < -0.3 is 9.64 Å². The van der Waals surface area contributed by atoms with Crippen molar-refractivity contribution in [3.05, 3.63) is 31.9 Å². The number of ether oxygens (including phenoxy) is 1. The Morgan fingerprint density at radius 2 is 1.91 bits per heavy atom. The van der Waals surface area contributed by atoms with Crippen molar-refractivity contribution in [3.8, 4) is 6.07 Å². The number of rotatable bonds is 10. The third-order valence-corrected chi connectivity index (χ3v) is 8.07. The van der Waals surface area contributed by atoms with Gasteiger partial charge in [0.15, 0.2) is 0 Å². The van der Waals surface area contributed by atoms with Crippen molar-refractivity contribution in [2.24, 2.45) is 5.92 Å². The average molecular weight is 517 g/mol. The molecule has 9 heteroatoms. The van der Waals surface area contributed by atoms with Crippen LogP contribution >= 0.6 is 24.0 Å². The molecule has 3 rings (SSSR count). The van der Waals surface area contributed by atoms with Gasteiger partial charge in [0.25, 0.3) is 11.5 Å². The molecule has 1 amide bonds. The summed E-state index contributed by atoms with van der Waals surface area (Å²) in [5.41, 5.74) is 1.31. The van der Waals surface area contributed by atoms with Crippen LogP contribution in [0.1, 0.15) is 69.6 Å². The number of amides is 1. The number of thioether (sulfide) groups is 1. The van der Waals surface area contributed by atoms with Crippen LogP contribution in [0, 0.1) is 24.2 Å². The summed E-state index contributed by atoms with van der Waals surface area (Å²) in [5.74, 6) is 1.34. The molecule has 1 aromatic rings. The zero-order valence-electron chi connectivity index (χ0n) is 21.3. The van der Waals surface area contributed by atoms with Gasteiger partial charge in [-0.25, -0.2) is 0 Å². The molecule has 7 nitrogen and oxygen atoms in total. The van der Waals surface area contributed by atoms with E-state index in [9.17, 15) is 14.9 Å². The first-order valence-corrected chi connectivity index (χ1v) is 13.8. The van der Waals surface area contributed by atoms with E-state index in [-0.39, 0.29) is 17.0 Å². The molecule has 35 heavy (non-hydrogen) atoms. The maximum absolute atomic E-state index is 13.4. The van der Waals surface area contributed by atoms with E-state index in [2.05, 4.69) is 24.8 Å². The van der Waals surface area contributed by atoms with Gasteiger partial charge in [0.1, 0.15) is 21.8 Å². The minimum absolute atomic E-state index is 0.126. The predicted octanol–water partition coefficient (Wildman–Crippen LogP) is 4.69. The molecule has 2 saturated heterocycles. The van der Waals surface area contributed by atoms with E-state index in [4.69, 9.17) is 17.0 Å². The highest BCUT2D eigenvalue weighted by atomic mass is 32.2. The van der Waals surface area contributed by atoms with E-state index < -0.39 is 0 Å². The third kappa shape index (κ3) is 6.16. The van der Waals surface area contributed by atoms with Crippen molar-refractivity contribution < 1.29 is 9.53 Å². The fourth-order valence-corrected chi connectivity index (χ4v) is 5.81. The van der Waals surface area contributed by atoms with Gasteiger partial charge in [-0.2, -0.15) is 5.26 Å². The zero-order chi connectivity index (χ0) is 25.5. The number of aromatic nitrogens is 1. The lowest BCUT2D eigenvalue weighted by Gasteiger charge is -2.35. The van der Waals surface area contributed by atoms with Crippen molar-refractivity contribution >= 4 is 46.1 Å². The molecule has 0 aliphatic carbocycles. The topological polar surface area (TPSA) is 78.6 Å². The number of nitrogens with zero attached hydrogens (tertiary/aromatic N) is 4. The van der Waals surface area contributed by atoms with Crippen LogP contribution in [0.15, 0.2) is 9.70 Å². The standard InChI is InChI=1S/C26H36N4O3S2/c1-5-7-11-29-23(28-13-9-18(3)10-14-28)20(19(4)21(17-27)24(29)31)16-22-25(32)30(26(34)35-22)12-8-15-33-6-2/h16,18H,5-15H2,1-4H3/b22-16+. The second kappa shape index (κ2) is 12.7. The number of thiocarbonyl (C=S) groups is 1. The van der Waals surface area contributed by atoms with E-state index >= 15 is 0 Å². The summed E-state index contributed by atoms with van der Waals surface area (Å²) in [5, 5.41) is 9.84. The van der Waals surface area contributed by atoms with Gasteiger partial charge in [-0.1, -0.05) is 44.2 Å². The zero-order valence-corrected chi connectivity index (χ0v) is 22.9. The SMILES string of the molecule is CCCCn1c(N2CCC(C)CC2)c(/C=C2/SC(=S)N(CCCOCC)C2=O)c(C)c(C#N)c1=O. The quantitative estimate of drug-likeness (QED) is 0.254. The van der Waals surface area contributed by atoms with Crippen LogP contribution < -0.4 is 10.5 Å². The van der Waals surface area contributed by atoms with Gasteiger partial charge in [0.2, 0.25) is 0 Å². The summed E-state index contributed by atoms with van der Waals surface area (Å²) in [7, 11) is 0. The molecule has 2 aliphatic heterocycles. The van der Waals surface area contributed by atoms with Crippen LogP contribution in [0.5, 0.6) is 0 Å². The van der Waals surface area contributed by atoms with Crippen molar-refractivity contribution in [2.45, 2.75) is 66.3 Å². The first-order chi connectivity index (χ1) is 16.8. The Balaban J connectivity index is 2.08. The molecule has 0 saturated carbocycles. The molecule has 2 fully saturated rings. The minimum Gasteiger partial charge on any atom is -0.382 e. The molecule has 0 N–H and O–H groups in total. The summed E-state index contributed by atoms with van der Waals surface area (Å²) in [6.45, 7) is 12.1. The van der Waals surface area contributed by atoms with E-state index in [1.165, 1.54) is 11.8 Å². The van der Waals surface area contributed by atoms with Crippen LogP contribution in [-0.2, 0) is 16.1 Å². The summed E-state index contributed by atoms with van der Waals surface area (Å²) in [6, 6.07) is 2.13. The highest BCUT2D eigenvalue weighted by Crippen LogP contribution is 2.36. The number of nitriles is 1. The molecule has 0 aromatic carbocycles. The third-order valence-electron chi connectivity index (χ3n) is 6.69. The lowest BCUT2D eigenvalue weighted by molar-refractivity contribution is -0.122. The normalized spacial score (nSPS) is 18.1. The van der Waals surface area contributed by atoms with Crippen LogP contribution in [0.25, 0.3) is 6.08 Å². The molecule has 0 bridgehead atoms. The minimum atomic E-state index is -0.243. The van der Waals surface area contributed by atoms with Gasteiger partial charge in [-0.05, 0) is 57.1 Å². The largest absolute Gasteiger partial charge is 0.382 e. The number of pyridine rings is 1. The van der Waals surface area contributed by atoms with E-state index in [1.807, 2.05) is 19.9 Å².